The predicted molar refractivity (Wildman–Crippen MR) is 71.8 cm³/mol. The lowest BCUT2D eigenvalue weighted by molar-refractivity contribution is 0.525. The third-order valence-corrected chi connectivity index (χ3v) is 4.84. The molecule has 2 rings (SSSR count). The van der Waals surface area contributed by atoms with Crippen LogP contribution >= 0.6 is 11.8 Å². The van der Waals surface area contributed by atoms with Crippen LogP contribution in [0.1, 0.15) is 31.2 Å². The van der Waals surface area contributed by atoms with Gasteiger partial charge in [0, 0.05) is 16.7 Å². The van der Waals surface area contributed by atoms with Crippen LogP contribution in [0.2, 0.25) is 0 Å². The highest BCUT2D eigenvalue weighted by molar-refractivity contribution is 8.00. The lowest BCUT2D eigenvalue weighted by atomic mass is 10.0. The van der Waals surface area contributed by atoms with Crippen LogP contribution in [0.25, 0.3) is 0 Å². The van der Waals surface area contributed by atoms with Crippen molar-refractivity contribution in [2.75, 3.05) is 6.54 Å². The van der Waals surface area contributed by atoms with Crippen LogP contribution in [-0.2, 0) is 0 Å². The Labute approximate surface area is 103 Å². The summed E-state index contributed by atoms with van der Waals surface area (Å²) in [6, 6.07) is 8.76. The van der Waals surface area contributed by atoms with Gasteiger partial charge in [-0.15, -0.1) is 11.8 Å². The number of hydrogen-bond acceptors (Lipinski definition) is 2. The van der Waals surface area contributed by atoms with Crippen molar-refractivity contribution in [1.29, 1.82) is 0 Å². The predicted octanol–water partition coefficient (Wildman–Crippen LogP) is 3.60. The summed E-state index contributed by atoms with van der Waals surface area (Å²) in [6.45, 7) is 2.96. The minimum atomic E-state index is 0.615. The van der Waals surface area contributed by atoms with E-state index >= 15 is 0 Å². The first-order valence-corrected chi connectivity index (χ1v) is 7.11. The molecule has 2 heteroatoms. The van der Waals surface area contributed by atoms with Crippen LogP contribution in [0, 0.1) is 12.8 Å². The Morgan fingerprint density at radius 2 is 2.12 bits per heavy atom. The fourth-order valence-electron chi connectivity index (χ4n) is 2.53. The van der Waals surface area contributed by atoms with Crippen molar-refractivity contribution in [3.05, 3.63) is 29.8 Å². The molecule has 0 bridgehead atoms. The molecule has 0 aromatic heterocycles. The number of benzene rings is 1. The minimum absolute atomic E-state index is 0.615. The Kier molecular flexibility index (Phi) is 4.30. The molecule has 2 N–H and O–H groups in total. The van der Waals surface area contributed by atoms with Gasteiger partial charge in [-0.2, -0.15) is 0 Å². The molecule has 1 aromatic carbocycles. The van der Waals surface area contributed by atoms with E-state index in [1.807, 2.05) is 11.8 Å². The van der Waals surface area contributed by atoms with Gasteiger partial charge in [-0.1, -0.05) is 30.5 Å². The topological polar surface area (TPSA) is 26.0 Å². The SMILES string of the molecule is Cc1cccc(SC(CN)C2CCCC2)c1. The Balaban J connectivity index is 2.00. The monoisotopic (exact) mass is 235 g/mol. The average molecular weight is 235 g/mol. The maximum Gasteiger partial charge on any atom is 0.0245 e. The first-order valence-electron chi connectivity index (χ1n) is 6.23. The largest absolute Gasteiger partial charge is 0.329 e. The molecule has 0 spiro atoms. The van der Waals surface area contributed by atoms with E-state index in [0.717, 1.165) is 12.5 Å². The highest BCUT2D eigenvalue weighted by Crippen LogP contribution is 2.36. The van der Waals surface area contributed by atoms with Gasteiger partial charge < -0.3 is 5.73 Å². The van der Waals surface area contributed by atoms with Gasteiger partial charge in [0.1, 0.15) is 0 Å². The standard InChI is InChI=1S/C14H21NS/c1-11-5-4-8-13(9-11)16-14(10-15)12-6-2-3-7-12/h4-5,8-9,12,14H,2-3,6-7,10,15H2,1H3. The van der Waals surface area contributed by atoms with E-state index in [1.54, 1.807) is 0 Å². The summed E-state index contributed by atoms with van der Waals surface area (Å²) < 4.78 is 0. The summed E-state index contributed by atoms with van der Waals surface area (Å²) in [5, 5.41) is 0.615. The van der Waals surface area contributed by atoms with E-state index in [2.05, 4.69) is 31.2 Å². The van der Waals surface area contributed by atoms with Crippen molar-refractivity contribution in [1.82, 2.24) is 0 Å². The van der Waals surface area contributed by atoms with Crippen LogP contribution in [0.3, 0.4) is 0 Å². The summed E-state index contributed by atoms with van der Waals surface area (Å²) in [7, 11) is 0. The average Bonchev–Trinajstić information content (AvgIpc) is 2.79. The molecule has 0 saturated heterocycles. The summed E-state index contributed by atoms with van der Waals surface area (Å²) in [4.78, 5) is 1.38. The molecule has 0 amide bonds. The van der Waals surface area contributed by atoms with E-state index < -0.39 is 0 Å². The Bertz CT molecular complexity index is 331. The molecule has 1 atom stereocenters. The molecule has 0 aliphatic heterocycles. The maximum absolute atomic E-state index is 5.92. The normalized spacial score (nSPS) is 18.9. The van der Waals surface area contributed by atoms with Crippen molar-refractivity contribution in [3.8, 4) is 0 Å². The third kappa shape index (κ3) is 3.02. The molecule has 1 aliphatic rings. The molecule has 0 radical (unpaired) electrons. The number of aryl methyl sites for hydroxylation is 1. The van der Waals surface area contributed by atoms with Gasteiger partial charge in [-0.25, -0.2) is 0 Å². The van der Waals surface area contributed by atoms with Gasteiger partial charge in [0.25, 0.3) is 0 Å². The molecule has 1 aliphatic carbocycles. The Hall–Kier alpha value is -0.470. The molecule has 1 fully saturated rings. The van der Waals surface area contributed by atoms with E-state index in [0.29, 0.717) is 5.25 Å². The van der Waals surface area contributed by atoms with E-state index in [4.69, 9.17) is 5.73 Å². The van der Waals surface area contributed by atoms with Crippen molar-refractivity contribution >= 4 is 11.8 Å². The molecule has 1 nitrogen and oxygen atoms in total. The summed E-state index contributed by atoms with van der Waals surface area (Å²) in [6.07, 6.45) is 5.55. The molecule has 1 unspecified atom stereocenters. The van der Waals surface area contributed by atoms with Crippen molar-refractivity contribution in [2.24, 2.45) is 11.7 Å². The van der Waals surface area contributed by atoms with Crippen molar-refractivity contribution < 1.29 is 0 Å². The van der Waals surface area contributed by atoms with Gasteiger partial charge in [-0.05, 0) is 37.8 Å². The quantitative estimate of drug-likeness (QED) is 0.807. The lowest BCUT2D eigenvalue weighted by Gasteiger charge is -2.21. The number of thioether (sulfide) groups is 1. The first kappa shape index (κ1) is 12.0. The third-order valence-electron chi connectivity index (χ3n) is 3.43. The van der Waals surface area contributed by atoms with Crippen LogP contribution in [0.15, 0.2) is 29.2 Å². The second kappa shape index (κ2) is 5.74. The molecule has 1 saturated carbocycles. The van der Waals surface area contributed by atoms with Crippen molar-refractivity contribution in [3.63, 3.8) is 0 Å². The highest BCUT2D eigenvalue weighted by Gasteiger charge is 2.24. The van der Waals surface area contributed by atoms with Gasteiger partial charge >= 0.3 is 0 Å². The van der Waals surface area contributed by atoms with Crippen LogP contribution < -0.4 is 5.73 Å². The molecular weight excluding hydrogens is 214 g/mol. The second-order valence-corrected chi connectivity index (χ2v) is 6.07. The van der Waals surface area contributed by atoms with Crippen molar-refractivity contribution in [2.45, 2.75) is 42.8 Å². The summed E-state index contributed by atoms with van der Waals surface area (Å²) in [5.74, 6) is 0.843. The Morgan fingerprint density at radius 3 is 2.75 bits per heavy atom. The zero-order chi connectivity index (χ0) is 11.4. The number of nitrogens with two attached hydrogens (primary N) is 1. The Morgan fingerprint density at radius 1 is 1.38 bits per heavy atom. The number of rotatable bonds is 4. The van der Waals surface area contributed by atoms with E-state index in [9.17, 15) is 0 Å². The van der Waals surface area contributed by atoms with Crippen LogP contribution in [-0.4, -0.2) is 11.8 Å². The smallest absolute Gasteiger partial charge is 0.0245 e. The minimum Gasteiger partial charge on any atom is -0.329 e. The van der Waals surface area contributed by atoms with E-state index in [-0.39, 0.29) is 0 Å². The fraction of sp³-hybridized carbons (Fsp3) is 0.571. The van der Waals surface area contributed by atoms with Gasteiger partial charge in [-0.3, -0.25) is 0 Å². The van der Waals surface area contributed by atoms with Gasteiger partial charge in [0.2, 0.25) is 0 Å². The maximum atomic E-state index is 5.92. The van der Waals surface area contributed by atoms with Gasteiger partial charge in [0.05, 0.1) is 0 Å². The highest BCUT2D eigenvalue weighted by atomic mass is 32.2. The van der Waals surface area contributed by atoms with Gasteiger partial charge in [0.15, 0.2) is 0 Å². The molecule has 0 heterocycles. The van der Waals surface area contributed by atoms with Crippen LogP contribution in [0.5, 0.6) is 0 Å². The zero-order valence-corrected chi connectivity index (χ0v) is 10.8. The molecule has 88 valence electrons. The summed E-state index contributed by atoms with van der Waals surface area (Å²) in [5.41, 5.74) is 7.26. The number of hydrogen-bond donors (Lipinski definition) is 1. The molecule has 1 aromatic rings. The summed E-state index contributed by atoms with van der Waals surface area (Å²) >= 11 is 1.98. The lowest BCUT2D eigenvalue weighted by Crippen LogP contribution is -2.24. The fourth-order valence-corrected chi connectivity index (χ4v) is 3.85. The zero-order valence-electron chi connectivity index (χ0n) is 9.99. The second-order valence-electron chi connectivity index (χ2n) is 4.75. The first-order chi connectivity index (χ1) is 7.79. The molecule has 16 heavy (non-hydrogen) atoms. The van der Waals surface area contributed by atoms with E-state index in [1.165, 1.54) is 36.1 Å². The van der Waals surface area contributed by atoms with Crippen LogP contribution in [0.4, 0.5) is 0 Å². The molecular formula is C14H21NS.